The summed E-state index contributed by atoms with van der Waals surface area (Å²) in [6, 6.07) is 8.30. The average molecular weight is 382 g/mol. The van der Waals surface area contributed by atoms with E-state index in [1.807, 2.05) is 0 Å². The molecule has 0 aliphatic carbocycles. The van der Waals surface area contributed by atoms with Crippen molar-refractivity contribution < 1.29 is 18.3 Å². The van der Waals surface area contributed by atoms with E-state index in [9.17, 15) is 13.6 Å². The summed E-state index contributed by atoms with van der Waals surface area (Å²) in [5, 5.41) is 3.82. The van der Waals surface area contributed by atoms with E-state index in [0.29, 0.717) is 11.3 Å². The molecule has 5 nitrogen and oxygen atoms in total. The summed E-state index contributed by atoms with van der Waals surface area (Å²) in [7, 11) is 1.21. The zero-order valence-electron chi connectivity index (χ0n) is 11.8. The maximum Gasteiger partial charge on any atom is 0.343 e. The smallest absolute Gasteiger partial charge is 0.343 e. The first kappa shape index (κ1) is 15.5. The molecular formula is C15H10BrF2N3O2. The fourth-order valence-corrected chi connectivity index (χ4v) is 2.43. The number of methoxy groups -OCH3 is 1. The van der Waals surface area contributed by atoms with E-state index in [2.05, 4.69) is 30.7 Å². The first-order valence-electron chi connectivity index (χ1n) is 6.52. The lowest BCUT2D eigenvalue weighted by molar-refractivity contribution is 0.0602. The summed E-state index contributed by atoms with van der Waals surface area (Å²) in [6.07, 6.45) is -1.59. The first-order chi connectivity index (χ1) is 11.0. The number of fused-ring (bicyclic) bond motifs is 1. The minimum absolute atomic E-state index is 0.0348. The third-order valence-electron chi connectivity index (χ3n) is 3.27. The van der Waals surface area contributed by atoms with Gasteiger partial charge < -0.3 is 4.74 Å². The van der Waals surface area contributed by atoms with Gasteiger partial charge in [0.1, 0.15) is 11.3 Å². The highest BCUT2D eigenvalue weighted by Crippen LogP contribution is 2.27. The third kappa shape index (κ3) is 2.81. The molecule has 0 atom stereocenters. The number of carbonyl (C=O) groups excluding carboxylic acids is 1. The van der Waals surface area contributed by atoms with Gasteiger partial charge in [-0.1, -0.05) is 28.1 Å². The number of ether oxygens (including phenoxy) is 1. The van der Waals surface area contributed by atoms with E-state index >= 15 is 0 Å². The summed E-state index contributed by atoms with van der Waals surface area (Å²) >= 11 is 3.31. The van der Waals surface area contributed by atoms with Crippen LogP contribution in [0.4, 0.5) is 8.78 Å². The van der Waals surface area contributed by atoms with Gasteiger partial charge in [-0.3, -0.25) is 0 Å². The number of benzene rings is 1. The molecule has 8 heteroatoms. The van der Waals surface area contributed by atoms with Crippen molar-refractivity contribution in [3.05, 3.63) is 52.3 Å². The molecule has 0 saturated carbocycles. The molecule has 0 saturated heterocycles. The summed E-state index contributed by atoms with van der Waals surface area (Å²) < 4.78 is 33.1. The van der Waals surface area contributed by atoms with Gasteiger partial charge in [-0.2, -0.15) is 5.10 Å². The minimum atomic E-state index is -2.76. The molecule has 0 bridgehead atoms. The van der Waals surface area contributed by atoms with Crippen LogP contribution in [0.15, 0.2) is 41.0 Å². The summed E-state index contributed by atoms with van der Waals surface area (Å²) in [5.74, 6) is -0.680. The molecule has 0 N–H and O–H groups in total. The predicted octanol–water partition coefficient (Wildman–Crippen LogP) is 3.88. The van der Waals surface area contributed by atoms with E-state index in [-0.39, 0.29) is 16.9 Å². The molecule has 0 aliphatic rings. The number of hydrogen-bond acceptors (Lipinski definition) is 4. The van der Waals surface area contributed by atoms with Crippen molar-refractivity contribution in [1.82, 2.24) is 14.6 Å². The number of aromatic nitrogens is 3. The summed E-state index contributed by atoms with van der Waals surface area (Å²) in [6.45, 7) is 0. The van der Waals surface area contributed by atoms with Gasteiger partial charge in [-0.15, -0.1) is 0 Å². The second kappa shape index (κ2) is 6.04. The molecule has 1 aromatic carbocycles. The second-order valence-corrected chi connectivity index (χ2v) is 5.57. The van der Waals surface area contributed by atoms with E-state index < -0.39 is 12.4 Å². The predicted molar refractivity (Wildman–Crippen MR) is 82.4 cm³/mol. The standard InChI is InChI=1S/C15H10BrF2N3O2/c1-23-15(22)10-7-19-21-12(13(17)18)6-11(20-14(10)21)8-2-4-9(16)5-3-8/h2-7,13H,1H3. The Morgan fingerprint density at radius 3 is 2.61 bits per heavy atom. The molecular weight excluding hydrogens is 372 g/mol. The molecule has 0 radical (unpaired) electrons. The maximum atomic E-state index is 13.3. The lowest BCUT2D eigenvalue weighted by atomic mass is 10.1. The van der Waals surface area contributed by atoms with Crippen LogP contribution in [0, 0.1) is 0 Å². The maximum absolute atomic E-state index is 13.3. The number of alkyl halides is 2. The summed E-state index contributed by atoms with van der Waals surface area (Å²) in [4.78, 5) is 16.1. The Morgan fingerprint density at radius 1 is 1.30 bits per heavy atom. The molecule has 0 fully saturated rings. The van der Waals surface area contributed by atoms with Crippen molar-refractivity contribution in [3.8, 4) is 11.3 Å². The molecule has 23 heavy (non-hydrogen) atoms. The minimum Gasteiger partial charge on any atom is -0.465 e. The Bertz CT molecular complexity index is 878. The van der Waals surface area contributed by atoms with Crippen molar-refractivity contribution >= 4 is 27.5 Å². The van der Waals surface area contributed by atoms with Crippen LogP contribution >= 0.6 is 15.9 Å². The summed E-state index contributed by atoms with van der Waals surface area (Å²) in [5.41, 5.74) is 0.699. The van der Waals surface area contributed by atoms with Gasteiger partial charge in [0.15, 0.2) is 5.65 Å². The Hall–Kier alpha value is -2.35. The topological polar surface area (TPSA) is 56.5 Å². The number of carbonyl (C=O) groups is 1. The van der Waals surface area contributed by atoms with Crippen LogP contribution in [0.3, 0.4) is 0 Å². The number of hydrogen-bond donors (Lipinski definition) is 0. The molecule has 2 aromatic heterocycles. The lowest BCUT2D eigenvalue weighted by Crippen LogP contribution is -2.06. The van der Waals surface area contributed by atoms with Crippen molar-refractivity contribution in [2.24, 2.45) is 0 Å². The van der Waals surface area contributed by atoms with Crippen LogP contribution in [0.1, 0.15) is 22.5 Å². The Balaban J connectivity index is 2.26. The zero-order valence-corrected chi connectivity index (χ0v) is 13.4. The third-order valence-corrected chi connectivity index (χ3v) is 3.80. The Kier molecular flexibility index (Phi) is 4.08. The first-order valence-corrected chi connectivity index (χ1v) is 7.31. The molecule has 118 valence electrons. The monoisotopic (exact) mass is 381 g/mol. The largest absolute Gasteiger partial charge is 0.465 e. The average Bonchev–Trinajstić information content (AvgIpc) is 2.97. The lowest BCUT2D eigenvalue weighted by Gasteiger charge is -2.08. The van der Waals surface area contributed by atoms with Crippen molar-refractivity contribution in [3.63, 3.8) is 0 Å². The fraction of sp³-hybridized carbons (Fsp3) is 0.133. The van der Waals surface area contributed by atoms with Gasteiger partial charge in [0.2, 0.25) is 0 Å². The van der Waals surface area contributed by atoms with Gasteiger partial charge >= 0.3 is 5.97 Å². The highest BCUT2D eigenvalue weighted by atomic mass is 79.9. The van der Waals surface area contributed by atoms with Crippen molar-refractivity contribution in [2.45, 2.75) is 6.43 Å². The van der Waals surface area contributed by atoms with Crippen LogP contribution in [-0.4, -0.2) is 27.7 Å². The van der Waals surface area contributed by atoms with Gasteiger partial charge in [-0.25, -0.2) is 23.1 Å². The van der Waals surface area contributed by atoms with Crippen molar-refractivity contribution in [2.75, 3.05) is 7.11 Å². The van der Waals surface area contributed by atoms with Crippen molar-refractivity contribution in [1.29, 1.82) is 0 Å². The SMILES string of the molecule is COC(=O)c1cnn2c(C(F)F)cc(-c3ccc(Br)cc3)nc12. The van der Waals surface area contributed by atoms with E-state index in [4.69, 9.17) is 0 Å². The number of esters is 1. The van der Waals surface area contributed by atoms with Crippen LogP contribution < -0.4 is 0 Å². The van der Waals surface area contributed by atoms with Crippen LogP contribution in [0.5, 0.6) is 0 Å². The van der Waals surface area contributed by atoms with E-state index in [0.717, 1.165) is 8.99 Å². The normalized spacial score (nSPS) is 11.2. The quantitative estimate of drug-likeness (QED) is 0.646. The second-order valence-electron chi connectivity index (χ2n) is 4.66. The molecule has 2 heterocycles. The Labute approximate surface area is 138 Å². The van der Waals surface area contributed by atoms with Crippen LogP contribution in [-0.2, 0) is 4.74 Å². The molecule has 0 amide bonds. The molecule has 0 unspecified atom stereocenters. The number of nitrogens with zero attached hydrogens (tertiary/aromatic N) is 3. The van der Waals surface area contributed by atoms with Gasteiger partial charge in [0.05, 0.1) is 19.0 Å². The van der Waals surface area contributed by atoms with Gasteiger partial charge in [0.25, 0.3) is 6.43 Å². The van der Waals surface area contributed by atoms with E-state index in [1.54, 1.807) is 24.3 Å². The molecule has 0 aliphatic heterocycles. The Morgan fingerprint density at radius 2 is 2.00 bits per heavy atom. The fourth-order valence-electron chi connectivity index (χ4n) is 2.16. The van der Waals surface area contributed by atoms with E-state index in [1.165, 1.54) is 19.4 Å². The van der Waals surface area contributed by atoms with Crippen LogP contribution in [0.25, 0.3) is 16.9 Å². The van der Waals surface area contributed by atoms with Gasteiger partial charge in [0, 0.05) is 10.0 Å². The van der Waals surface area contributed by atoms with Crippen LogP contribution in [0.2, 0.25) is 0 Å². The van der Waals surface area contributed by atoms with Gasteiger partial charge in [-0.05, 0) is 18.2 Å². The highest BCUT2D eigenvalue weighted by Gasteiger charge is 2.21. The number of halogens is 3. The highest BCUT2D eigenvalue weighted by molar-refractivity contribution is 9.10. The molecule has 3 rings (SSSR count). The zero-order chi connectivity index (χ0) is 16.6. The number of rotatable bonds is 3. The molecule has 3 aromatic rings. The molecule has 0 spiro atoms.